The zero-order chi connectivity index (χ0) is 20.8. The Morgan fingerprint density at radius 3 is 2.04 bits per heavy atom. The number of nitrogens with one attached hydrogen (secondary N) is 1. The van der Waals surface area contributed by atoms with Crippen molar-refractivity contribution in [2.24, 2.45) is 5.41 Å². The van der Waals surface area contributed by atoms with Gasteiger partial charge in [0.15, 0.2) is 0 Å². The predicted molar refractivity (Wildman–Crippen MR) is 93.3 cm³/mol. The van der Waals surface area contributed by atoms with E-state index in [4.69, 9.17) is 4.74 Å². The van der Waals surface area contributed by atoms with Gasteiger partial charge in [0.05, 0.1) is 6.61 Å². The smallest absolute Gasteiger partial charge is 0.454 e. The lowest BCUT2D eigenvalue weighted by Gasteiger charge is -2.17. The summed E-state index contributed by atoms with van der Waals surface area (Å²) in [5.74, 6) is -3.33. The maximum atomic E-state index is 12.4. The molecule has 148 valence electrons. The van der Waals surface area contributed by atoms with Crippen molar-refractivity contribution < 1.29 is 32.3 Å². The summed E-state index contributed by atoms with van der Waals surface area (Å²) < 4.78 is 42.2. The number of rotatable bonds is 6. The van der Waals surface area contributed by atoms with Crippen molar-refractivity contribution in [1.29, 1.82) is 0 Å². The second-order valence-corrected chi connectivity index (χ2v) is 6.83. The summed E-state index contributed by atoms with van der Waals surface area (Å²) in [5, 5.41) is 2.46. The quantitative estimate of drug-likeness (QED) is 0.460. The largest absolute Gasteiger partial charge is 0.464 e. The van der Waals surface area contributed by atoms with E-state index in [0.717, 1.165) is 24.3 Å². The number of carbonyl (C=O) groups excluding carboxylic acids is 3. The van der Waals surface area contributed by atoms with Gasteiger partial charge in [-0.3, -0.25) is 9.59 Å². The van der Waals surface area contributed by atoms with Crippen molar-refractivity contribution in [3.63, 3.8) is 0 Å². The number of hydrogen-bond donors (Lipinski definition) is 1. The van der Waals surface area contributed by atoms with Crippen molar-refractivity contribution in [3.8, 4) is 0 Å². The Kier molecular flexibility index (Phi) is 7.33. The molecular formula is C19H22F3NO4. The molecule has 0 spiro atoms. The Hall–Kier alpha value is -2.64. The Bertz CT molecular complexity index is 716. The zero-order valence-electron chi connectivity index (χ0n) is 15.5. The summed E-state index contributed by atoms with van der Waals surface area (Å²) in [7, 11) is 0. The lowest BCUT2D eigenvalue weighted by Crippen LogP contribution is -2.40. The van der Waals surface area contributed by atoms with Crippen LogP contribution in [0.25, 0.3) is 0 Å². The molecule has 27 heavy (non-hydrogen) atoms. The molecule has 0 heterocycles. The van der Waals surface area contributed by atoms with Crippen molar-refractivity contribution in [1.82, 2.24) is 5.32 Å². The summed E-state index contributed by atoms with van der Waals surface area (Å²) in [6.07, 6.45) is -1.76. The number of alkyl halides is 3. The van der Waals surface area contributed by atoms with Crippen LogP contribution in [0.15, 0.2) is 36.4 Å². The minimum absolute atomic E-state index is 0.00665. The summed E-state index contributed by atoms with van der Waals surface area (Å²) in [6.45, 7) is 7.47. The molecular weight excluding hydrogens is 363 g/mol. The van der Waals surface area contributed by atoms with Gasteiger partial charge in [0, 0.05) is 11.1 Å². The normalized spacial score (nSPS) is 13.3. The summed E-state index contributed by atoms with van der Waals surface area (Å²) in [6, 6.07) is 2.95. The molecule has 1 aromatic rings. The maximum absolute atomic E-state index is 12.4. The van der Waals surface area contributed by atoms with E-state index in [-0.39, 0.29) is 17.6 Å². The molecule has 0 fully saturated rings. The number of hydrogen-bond acceptors (Lipinski definition) is 4. The maximum Gasteiger partial charge on any atom is 0.454 e. The van der Waals surface area contributed by atoms with Crippen LogP contribution in [0.3, 0.4) is 0 Å². The first-order valence-corrected chi connectivity index (χ1v) is 8.23. The van der Waals surface area contributed by atoms with Crippen LogP contribution in [0.1, 0.15) is 48.4 Å². The third kappa shape index (κ3) is 7.24. The second-order valence-electron chi connectivity index (χ2n) is 6.83. The standard InChI is InChI=1S/C19H22F3NO4/c1-5-27-17(26)14(10-11-18(2,3)4)23-16(25)13-8-6-12(7-9-13)15(24)19(20,21)22/h6-11,14H,5H2,1-4H3,(H,23,25)/b11-10+. The lowest BCUT2D eigenvalue weighted by atomic mass is 9.95. The van der Waals surface area contributed by atoms with Gasteiger partial charge in [-0.15, -0.1) is 0 Å². The topological polar surface area (TPSA) is 72.5 Å². The molecule has 0 aliphatic carbocycles. The van der Waals surface area contributed by atoms with Gasteiger partial charge in [-0.1, -0.05) is 45.1 Å². The molecule has 0 bridgehead atoms. The van der Waals surface area contributed by atoms with Gasteiger partial charge in [-0.2, -0.15) is 13.2 Å². The molecule has 8 heteroatoms. The van der Waals surface area contributed by atoms with Crippen LogP contribution in [0.2, 0.25) is 0 Å². The molecule has 1 aromatic carbocycles. The number of Topliss-reactive ketones (excluding diaryl/α,β-unsaturated/α-hetero) is 1. The Balaban J connectivity index is 2.96. The van der Waals surface area contributed by atoms with Gasteiger partial charge in [0.25, 0.3) is 11.7 Å². The number of amides is 1. The number of esters is 1. The number of allylic oxidation sites excluding steroid dienone is 1. The lowest BCUT2D eigenvalue weighted by molar-refractivity contribution is -0.144. The van der Waals surface area contributed by atoms with E-state index < -0.39 is 35.4 Å². The van der Waals surface area contributed by atoms with E-state index in [0.29, 0.717) is 0 Å². The van der Waals surface area contributed by atoms with E-state index in [9.17, 15) is 27.6 Å². The minimum atomic E-state index is -4.99. The van der Waals surface area contributed by atoms with Gasteiger partial charge in [-0.05, 0) is 24.5 Å². The molecule has 5 nitrogen and oxygen atoms in total. The van der Waals surface area contributed by atoms with Crippen LogP contribution in [0, 0.1) is 5.41 Å². The first-order valence-electron chi connectivity index (χ1n) is 8.23. The first-order chi connectivity index (χ1) is 12.3. The fourth-order valence-corrected chi connectivity index (χ4v) is 1.96. The van der Waals surface area contributed by atoms with Crippen molar-refractivity contribution in [2.75, 3.05) is 6.61 Å². The molecule has 1 N–H and O–H groups in total. The van der Waals surface area contributed by atoms with Crippen molar-refractivity contribution >= 4 is 17.7 Å². The van der Waals surface area contributed by atoms with Crippen LogP contribution in [0.4, 0.5) is 13.2 Å². The highest BCUT2D eigenvalue weighted by Gasteiger charge is 2.39. The molecule has 0 aromatic heterocycles. The Morgan fingerprint density at radius 1 is 1.07 bits per heavy atom. The van der Waals surface area contributed by atoms with E-state index >= 15 is 0 Å². The highest BCUT2D eigenvalue weighted by molar-refractivity contribution is 6.02. The minimum Gasteiger partial charge on any atom is -0.464 e. The van der Waals surface area contributed by atoms with Crippen molar-refractivity contribution in [3.05, 3.63) is 47.5 Å². The van der Waals surface area contributed by atoms with Crippen LogP contribution in [-0.2, 0) is 9.53 Å². The Labute approximate surface area is 155 Å². The van der Waals surface area contributed by atoms with Crippen molar-refractivity contribution in [2.45, 2.75) is 39.9 Å². The predicted octanol–water partition coefficient (Wildman–Crippen LogP) is 3.70. The average Bonchev–Trinajstić information content (AvgIpc) is 2.56. The zero-order valence-corrected chi connectivity index (χ0v) is 15.5. The summed E-state index contributed by atoms with van der Waals surface area (Å²) in [5.41, 5.74) is -0.810. The van der Waals surface area contributed by atoms with Crippen LogP contribution < -0.4 is 5.32 Å². The summed E-state index contributed by atoms with van der Waals surface area (Å²) in [4.78, 5) is 35.5. The third-order valence-electron chi connectivity index (χ3n) is 3.28. The van der Waals surface area contributed by atoms with E-state index in [1.807, 2.05) is 20.8 Å². The van der Waals surface area contributed by atoms with Gasteiger partial charge in [-0.25, -0.2) is 4.79 Å². The average molecular weight is 385 g/mol. The molecule has 0 saturated carbocycles. The summed E-state index contributed by atoms with van der Waals surface area (Å²) >= 11 is 0. The molecule has 1 rings (SSSR count). The second kappa shape index (κ2) is 8.83. The van der Waals surface area contributed by atoms with E-state index in [2.05, 4.69) is 5.32 Å². The highest BCUT2D eigenvalue weighted by Crippen LogP contribution is 2.21. The first kappa shape index (κ1) is 22.4. The molecule has 0 radical (unpaired) electrons. The van der Waals surface area contributed by atoms with Crippen LogP contribution in [0.5, 0.6) is 0 Å². The van der Waals surface area contributed by atoms with Crippen LogP contribution in [-0.4, -0.2) is 36.5 Å². The third-order valence-corrected chi connectivity index (χ3v) is 3.28. The van der Waals surface area contributed by atoms with Gasteiger partial charge >= 0.3 is 12.1 Å². The number of carbonyl (C=O) groups is 3. The van der Waals surface area contributed by atoms with Gasteiger partial charge in [0.1, 0.15) is 6.04 Å². The molecule has 0 aliphatic rings. The number of ketones is 1. The molecule has 1 atom stereocenters. The SMILES string of the molecule is CCOC(=O)C(/C=C/C(C)(C)C)NC(=O)c1ccc(C(=O)C(F)(F)F)cc1. The Morgan fingerprint density at radius 2 is 1.59 bits per heavy atom. The van der Waals surface area contributed by atoms with Crippen LogP contribution >= 0.6 is 0 Å². The van der Waals surface area contributed by atoms with Gasteiger partial charge in [0.2, 0.25) is 0 Å². The molecule has 1 unspecified atom stereocenters. The highest BCUT2D eigenvalue weighted by atomic mass is 19.4. The molecule has 0 aliphatic heterocycles. The number of benzene rings is 1. The number of halogens is 3. The van der Waals surface area contributed by atoms with E-state index in [1.165, 1.54) is 6.08 Å². The van der Waals surface area contributed by atoms with E-state index in [1.54, 1.807) is 13.0 Å². The fourth-order valence-electron chi connectivity index (χ4n) is 1.96. The fraction of sp³-hybridized carbons (Fsp3) is 0.421. The van der Waals surface area contributed by atoms with Gasteiger partial charge < -0.3 is 10.1 Å². The molecule has 0 saturated heterocycles. The monoisotopic (exact) mass is 385 g/mol. The molecule has 1 amide bonds. The number of ether oxygens (including phenoxy) is 1.